The van der Waals surface area contributed by atoms with Crippen LogP contribution in [0.25, 0.3) is 0 Å². The maximum absolute atomic E-state index is 12.1. The molecule has 1 aliphatic carbocycles. The van der Waals surface area contributed by atoms with Crippen molar-refractivity contribution in [1.82, 2.24) is 15.1 Å². The SMILES string of the molecule is O=C(OCc1ccccc1)N1CCN(CC2[C@H]3CNC[C@@H]23)CC1. The van der Waals surface area contributed by atoms with E-state index in [-0.39, 0.29) is 6.09 Å². The second-order valence-corrected chi connectivity index (χ2v) is 6.98. The van der Waals surface area contributed by atoms with Crippen molar-refractivity contribution in [2.45, 2.75) is 6.61 Å². The summed E-state index contributed by atoms with van der Waals surface area (Å²) in [5, 5.41) is 3.45. The molecule has 23 heavy (non-hydrogen) atoms. The zero-order chi connectivity index (χ0) is 15.6. The molecule has 0 aromatic heterocycles. The Bertz CT molecular complexity index is 532. The summed E-state index contributed by atoms with van der Waals surface area (Å²) >= 11 is 0. The fourth-order valence-corrected chi connectivity index (χ4v) is 4.04. The van der Waals surface area contributed by atoms with E-state index in [0.717, 1.165) is 49.5 Å². The van der Waals surface area contributed by atoms with Gasteiger partial charge in [0.25, 0.3) is 0 Å². The quantitative estimate of drug-likeness (QED) is 0.912. The van der Waals surface area contributed by atoms with Gasteiger partial charge in [-0.05, 0) is 36.4 Å². The smallest absolute Gasteiger partial charge is 0.410 e. The molecule has 4 rings (SSSR count). The molecular formula is C18H25N3O2. The number of ether oxygens (including phenoxy) is 1. The van der Waals surface area contributed by atoms with Crippen LogP contribution in [-0.4, -0.2) is 61.7 Å². The molecule has 0 radical (unpaired) electrons. The number of carbonyl (C=O) groups excluding carboxylic acids is 1. The van der Waals surface area contributed by atoms with E-state index in [1.807, 2.05) is 35.2 Å². The Morgan fingerprint density at radius 1 is 1.09 bits per heavy atom. The number of fused-ring (bicyclic) bond motifs is 1. The van der Waals surface area contributed by atoms with Crippen molar-refractivity contribution in [3.8, 4) is 0 Å². The zero-order valence-electron chi connectivity index (χ0n) is 13.5. The third-order valence-corrected chi connectivity index (χ3v) is 5.57. The molecule has 1 saturated carbocycles. The standard InChI is InChI=1S/C18H25N3O2/c22-18(23-13-14-4-2-1-3-5-14)21-8-6-20(7-9-21)12-17-15-10-19-11-16(15)17/h1-5,15-17,19H,6-13H2/t15-,16+,17?. The Kier molecular flexibility index (Phi) is 4.23. The van der Waals surface area contributed by atoms with Crippen molar-refractivity contribution in [3.05, 3.63) is 35.9 Å². The van der Waals surface area contributed by atoms with Crippen LogP contribution in [0.4, 0.5) is 4.79 Å². The van der Waals surface area contributed by atoms with Crippen molar-refractivity contribution in [3.63, 3.8) is 0 Å². The molecule has 1 amide bonds. The Morgan fingerprint density at radius 2 is 1.78 bits per heavy atom. The third-order valence-electron chi connectivity index (χ3n) is 5.57. The maximum atomic E-state index is 12.1. The Balaban J connectivity index is 1.18. The molecular weight excluding hydrogens is 290 g/mol. The number of hydrogen-bond acceptors (Lipinski definition) is 4. The molecule has 2 heterocycles. The summed E-state index contributed by atoms with van der Waals surface area (Å²) in [5.74, 6) is 2.74. The average molecular weight is 315 g/mol. The van der Waals surface area contributed by atoms with E-state index in [4.69, 9.17) is 4.74 Å². The fourth-order valence-electron chi connectivity index (χ4n) is 4.04. The molecule has 124 valence electrons. The number of carbonyl (C=O) groups is 1. The van der Waals surface area contributed by atoms with Crippen LogP contribution in [0.15, 0.2) is 30.3 Å². The molecule has 1 aromatic carbocycles. The van der Waals surface area contributed by atoms with E-state index < -0.39 is 0 Å². The van der Waals surface area contributed by atoms with Crippen LogP contribution in [0.2, 0.25) is 0 Å². The van der Waals surface area contributed by atoms with Crippen molar-refractivity contribution in [2.75, 3.05) is 45.8 Å². The van der Waals surface area contributed by atoms with Crippen LogP contribution in [0.1, 0.15) is 5.56 Å². The van der Waals surface area contributed by atoms with Crippen LogP contribution in [0.3, 0.4) is 0 Å². The van der Waals surface area contributed by atoms with E-state index in [1.54, 1.807) is 0 Å². The first-order valence-electron chi connectivity index (χ1n) is 8.70. The summed E-state index contributed by atoms with van der Waals surface area (Å²) in [7, 11) is 0. The molecule has 1 aromatic rings. The van der Waals surface area contributed by atoms with Gasteiger partial charge < -0.3 is 15.0 Å². The molecule has 3 atom stereocenters. The number of benzene rings is 1. The van der Waals surface area contributed by atoms with Gasteiger partial charge in [0.05, 0.1) is 0 Å². The van der Waals surface area contributed by atoms with Gasteiger partial charge in [0.1, 0.15) is 6.61 Å². The molecule has 3 aliphatic rings. The highest BCUT2D eigenvalue weighted by molar-refractivity contribution is 5.67. The van der Waals surface area contributed by atoms with Crippen LogP contribution < -0.4 is 5.32 Å². The van der Waals surface area contributed by atoms with Gasteiger partial charge in [0, 0.05) is 32.7 Å². The number of piperazine rings is 1. The number of rotatable bonds is 4. The minimum Gasteiger partial charge on any atom is -0.445 e. The lowest BCUT2D eigenvalue weighted by molar-refractivity contribution is 0.0699. The molecule has 1 N–H and O–H groups in total. The summed E-state index contributed by atoms with van der Waals surface area (Å²) in [6.45, 7) is 7.51. The highest BCUT2D eigenvalue weighted by Gasteiger charge is 2.52. The van der Waals surface area contributed by atoms with E-state index >= 15 is 0 Å². The van der Waals surface area contributed by atoms with Crippen LogP contribution >= 0.6 is 0 Å². The van der Waals surface area contributed by atoms with E-state index in [2.05, 4.69) is 10.2 Å². The van der Waals surface area contributed by atoms with E-state index in [0.29, 0.717) is 6.61 Å². The van der Waals surface area contributed by atoms with Gasteiger partial charge >= 0.3 is 6.09 Å². The topological polar surface area (TPSA) is 44.8 Å². The van der Waals surface area contributed by atoms with Crippen molar-refractivity contribution in [2.24, 2.45) is 17.8 Å². The van der Waals surface area contributed by atoms with Gasteiger partial charge in [-0.25, -0.2) is 4.79 Å². The van der Waals surface area contributed by atoms with Gasteiger partial charge in [-0.3, -0.25) is 4.90 Å². The fraction of sp³-hybridized carbons (Fsp3) is 0.611. The molecule has 2 aliphatic heterocycles. The van der Waals surface area contributed by atoms with E-state index in [9.17, 15) is 4.79 Å². The number of amides is 1. The van der Waals surface area contributed by atoms with Gasteiger partial charge in [-0.2, -0.15) is 0 Å². The number of nitrogens with zero attached hydrogens (tertiary/aromatic N) is 2. The predicted octanol–water partition coefficient (Wildman–Crippen LogP) is 1.41. The molecule has 3 fully saturated rings. The summed E-state index contributed by atoms with van der Waals surface area (Å²) in [5.41, 5.74) is 1.04. The monoisotopic (exact) mass is 315 g/mol. The normalized spacial score (nSPS) is 30.1. The second kappa shape index (κ2) is 6.49. The van der Waals surface area contributed by atoms with E-state index in [1.165, 1.54) is 19.6 Å². The predicted molar refractivity (Wildman–Crippen MR) is 88.0 cm³/mol. The molecule has 1 unspecified atom stereocenters. The third kappa shape index (κ3) is 3.35. The second-order valence-electron chi connectivity index (χ2n) is 6.98. The van der Waals surface area contributed by atoms with Gasteiger partial charge in [-0.15, -0.1) is 0 Å². The van der Waals surface area contributed by atoms with Crippen molar-refractivity contribution >= 4 is 6.09 Å². The minimum absolute atomic E-state index is 0.180. The largest absolute Gasteiger partial charge is 0.445 e. The maximum Gasteiger partial charge on any atom is 0.410 e. The average Bonchev–Trinajstić information content (AvgIpc) is 3.03. The highest BCUT2D eigenvalue weighted by atomic mass is 16.6. The Morgan fingerprint density at radius 3 is 2.48 bits per heavy atom. The number of hydrogen-bond donors (Lipinski definition) is 1. The zero-order valence-corrected chi connectivity index (χ0v) is 13.5. The minimum atomic E-state index is -0.180. The van der Waals surface area contributed by atoms with Crippen LogP contribution in [0.5, 0.6) is 0 Å². The molecule has 5 heteroatoms. The summed E-state index contributed by atoms with van der Waals surface area (Å²) < 4.78 is 5.42. The lowest BCUT2D eigenvalue weighted by Gasteiger charge is -2.34. The van der Waals surface area contributed by atoms with Crippen molar-refractivity contribution in [1.29, 1.82) is 0 Å². The highest BCUT2D eigenvalue weighted by Crippen LogP contribution is 2.48. The number of nitrogens with one attached hydrogen (secondary N) is 1. The molecule has 2 saturated heterocycles. The van der Waals surface area contributed by atoms with Gasteiger partial charge in [0.2, 0.25) is 0 Å². The first kappa shape index (κ1) is 15.0. The Labute approximate surface area is 137 Å². The molecule has 0 spiro atoms. The lowest BCUT2D eigenvalue weighted by Crippen LogP contribution is -2.49. The van der Waals surface area contributed by atoms with Crippen molar-refractivity contribution < 1.29 is 9.53 Å². The Hall–Kier alpha value is -1.59. The van der Waals surface area contributed by atoms with Gasteiger partial charge in [-0.1, -0.05) is 30.3 Å². The van der Waals surface area contributed by atoms with Crippen LogP contribution in [0, 0.1) is 17.8 Å². The summed E-state index contributed by atoms with van der Waals surface area (Å²) in [6.07, 6.45) is -0.180. The molecule has 5 nitrogen and oxygen atoms in total. The summed E-state index contributed by atoms with van der Waals surface area (Å²) in [6, 6.07) is 9.85. The lowest BCUT2D eigenvalue weighted by atomic mass is 10.2. The first-order valence-corrected chi connectivity index (χ1v) is 8.70. The van der Waals surface area contributed by atoms with Gasteiger partial charge in [0.15, 0.2) is 0 Å². The first-order chi connectivity index (χ1) is 11.3. The van der Waals surface area contributed by atoms with Crippen LogP contribution in [-0.2, 0) is 11.3 Å². The summed E-state index contributed by atoms with van der Waals surface area (Å²) in [4.78, 5) is 16.5. The molecule has 0 bridgehead atoms. The number of piperidine rings is 1.